The largest absolute Gasteiger partial charge is 0.327 e. The molecule has 20 heavy (non-hydrogen) atoms. The summed E-state index contributed by atoms with van der Waals surface area (Å²) in [6, 6.07) is 7.74. The van der Waals surface area contributed by atoms with Gasteiger partial charge in [0.15, 0.2) is 0 Å². The molecule has 3 N–H and O–H groups in total. The molecule has 0 saturated carbocycles. The van der Waals surface area contributed by atoms with E-state index in [-0.39, 0.29) is 11.9 Å². The smallest absolute Gasteiger partial charge is 0.238 e. The van der Waals surface area contributed by atoms with Crippen molar-refractivity contribution in [2.45, 2.75) is 26.3 Å². The van der Waals surface area contributed by atoms with Crippen molar-refractivity contribution in [3.63, 3.8) is 0 Å². The van der Waals surface area contributed by atoms with E-state index in [9.17, 15) is 4.79 Å². The Balaban J connectivity index is 2.32. The minimum absolute atomic E-state index is 0.00654. The van der Waals surface area contributed by atoms with E-state index in [4.69, 9.17) is 5.73 Å². The van der Waals surface area contributed by atoms with Crippen LogP contribution in [0.4, 0.5) is 5.69 Å². The van der Waals surface area contributed by atoms with Crippen molar-refractivity contribution < 1.29 is 4.79 Å². The van der Waals surface area contributed by atoms with Crippen molar-refractivity contribution in [1.29, 1.82) is 0 Å². The molecule has 1 atom stereocenters. The summed E-state index contributed by atoms with van der Waals surface area (Å²) in [6.45, 7) is 5.43. The van der Waals surface area contributed by atoms with Crippen LogP contribution in [-0.4, -0.2) is 37.0 Å². The van der Waals surface area contributed by atoms with Gasteiger partial charge in [0.25, 0.3) is 0 Å². The molecule has 0 aliphatic heterocycles. The highest BCUT2D eigenvalue weighted by Crippen LogP contribution is 2.14. The zero-order valence-electron chi connectivity index (χ0n) is 12.4. The van der Waals surface area contributed by atoms with Crippen LogP contribution < -0.4 is 11.1 Å². The first-order chi connectivity index (χ1) is 9.38. The van der Waals surface area contributed by atoms with E-state index < -0.39 is 0 Å². The van der Waals surface area contributed by atoms with Gasteiger partial charge in [0.05, 0.1) is 6.54 Å². The maximum atomic E-state index is 11.9. The summed E-state index contributed by atoms with van der Waals surface area (Å²) < 4.78 is 0.996. The van der Waals surface area contributed by atoms with Crippen LogP contribution in [0.1, 0.15) is 20.3 Å². The molecule has 4 nitrogen and oxygen atoms in total. The number of likely N-dealkylation sites (N-methyl/N-ethyl adjacent to an activating group) is 1. The van der Waals surface area contributed by atoms with Crippen LogP contribution in [0.3, 0.4) is 0 Å². The van der Waals surface area contributed by atoms with Gasteiger partial charge in [0, 0.05) is 16.2 Å². The summed E-state index contributed by atoms with van der Waals surface area (Å²) in [5, 5.41) is 2.88. The van der Waals surface area contributed by atoms with E-state index in [2.05, 4.69) is 35.1 Å². The summed E-state index contributed by atoms with van der Waals surface area (Å²) in [7, 11) is 1.94. The number of hydrogen-bond donors (Lipinski definition) is 2. The second kappa shape index (κ2) is 8.39. The van der Waals surface area contributed by atoms with E-state index in [1.54, 1.807) is 0 Å². The van der Waals surface area contributed by atoms with E-state index >= 15 is 0 Å². The highest BCUT2D eigenvalue weighted by Gasteiger charge is 2.11. The molecule has 0 bridgehead atoms. The molecule has 1 aromatic carbocycles. The first kappa shape index (κ1) is 17.1. The van der Waals surface area contributed by atoms with Gasteiger partial charge in [-0.05, 0) is 50.2 Å². The first-order valence-corrected chi connectivity index (χ1v) is 7.67. The first-order valence-electron chi connectivity index (χ1n) is 6.88. The summed E-state index contributed by atoms with van der Waals surface area (Å²) in [4.78, 5) is 13.9. The van der Waals surface area contributed by atoms with E-state index in [0.717, 1.165) is 23.1 Å². The third-order valence-electron chi connectivity index (χ3n) is 3.24. The Bertz CT molecular complexity index is 420. The van der Waals surface area contributed by atoms with Crippen molar-refractivity contribution in [3.8, 4) is 0 Å². The van der Waals surface area contributed by atoms with Gasteiger partial charge in [-0.1, -0.05) is 29.8 Å². The Labute approximate surface area is 129 Å². The molecule has 1 amide bonds. The number of halogens is 1. The number of nitrogens with zero attached hydrogens (tertiary/aromatic N) is 1. The zero-order valence-corrected chi connectivity index (χ0v) is 14.0. The van der Waals surface area contributed by atoms with Crippen LogP contribution in [0.2, 0.25) is 0 Å². The quantitative estimate of drug-likeness (QED) is 0.801. The Morgan fingerprint density at radius 1 is 1.35 bits per heavy atom. The summed E-state index contributed by atoms with van der Waals surface area (Å²) in [5.41, 5.74) is 6.81. The zero-order chi connectivity index (χ0) is 15.1. The lowest BCUT2D eigenvalue weighted by Crippen LogP contribution is -2.35. The highest BCUT2D eigenvalue weighted by molar-refractivity contribution is 9.10. The topological polar surface area (TPSA) is 58.4 Å². The molecule has 112 valence electrons. The number of nitrogens with one attached hydrogen (secondary N) is 1. The molecule has 1 rings (SSSR count). The van der Waals surface area contributed by atoms with Crippen molar-refractivity contribution in [1.82, 2.24) is 4.90 Å². The van der Waals surface area contributed by atoms with Gasteiger partial charge in [0.1, 0.15) is 0 Å². The Morgan fingerprint density at radius 2 is 1.95 bits per heavy atom. The van der Waals surface area contributed by atoms with Crippen molar-refractivity contribution in [2.24, 2.45) is 11.7 Å². The van der Waals surface area contributed by atoms with Crippen LogP contribution >= 0.6 is 15.9 Å². The minimum Gasteiger partial charge on any atom is -0.327 e. The molecule has 0 fully saturated rings. The Kier molecular flexibility index (Phi) is 7.19. The molecule has 0 heterocycles. The molecule has 0 saturated heterocycles. The SMILES string of the molecule is CC(C)C(N)CCN(C)CC(=O)Nc1ccc(Br)cc1. The fourth-order valence-electron chi connectivity index (χ4n) is 1.76. The van der Waals surface area contributed by atoms with Crippen LogP contribution in [-0.2, 0) is 4.79 Å². The maximum absolute atomic E-state index is 11.9. The van der Waals surface area contributed by atoms with E-state index in [1.165, 1.54) is 0 Å². The lowest BCUT2D eigenvalue weighted by Gasteiger charge is -2.20. The van der Waals surface area contributed by atoms with Gasteiger partial charge in [-0.3, -0.25) is 9.69 Å². The number of amides is 1. The summed E-state index contributed by atoms with van der Waals surface area (Å²) in [6.07, 6.45) is 0.903. The van der Waals surface area contributed by atoms with Crippen LogP contribution in [0.15, 0.2) is 28.7 Å². The number of benzene rings is 1. The standard InChI is InChI=1S/C15H24BrN3O/c1-11(2)14(17)8-9-19(3)10-15(20)18-13-6-4-12(16)5-7-13/h4-7,11,14H,8-10,17H2,1-3H3,(H,18,20). The number of rotatable bonds is 7. The molecule has 0 aromatic heterocycles. The third-order valence-corrected chi connectivity index (χ3v) is 3.77. The van der Waals surface area contributed by atoms with Crippen molar-refractivity contribution in [2.75, 3.05) is 25.5 Å². The fraction of sp³-hybridized carbons (Fsp3) is 0.533. The number of carbonyl (C=O) groups is 1. The molecule has 0 aliphatic carbocycles. The van der Waals surface area contributed by atoms with Crippen LogP contribution in [0.25, 0.3) is 0 Å². The number of nitrogens with two attached hydrogens (primary N) is 1. The average molecular weight is 342 g/mol. The predicted octanol–water partition coefficient (Wildman–Crippen LogP) is 2.69. The number of anilines is 1. The Hall–Kier alpha value is -0.910. The summed E-state index contributed by atoms with van der Waals surface area (Å²) in [5.74, 6) is 0.466. The monoisotopic (exact) mass is 341 g/mol. The molecular weight excluding hydrogens is 318 g/mol. The average Bonchev–Trinajstić information content (AvgIpc) is 2.38. The molecule has 1 aromatic rings. The molecule has 0 aliphatic rings. The molecular formula is C15H24BrN3O. The summed E-state index contributed by atoms with van der Waals surface area (Å²) >= 11 is 3.36. The second-order valence-electron chi connectivity index (χ2n) is 5.49. The second-order valence-corrected chi connectivity index (χ2v) is 6.41. The van der Waals surface area contributed by atoms with Gasteiger partial charge < -0.3 is 11.1 Å². The Morgan fingerprint density at radius 3 is 2.50 bits per heavy atom. The van der Waals surface area contributed by atoms with Gasteiger partial charge in [-0.15, -0.1) is 0 Å². The van der Waals surface area contributed by atoms with Crippen molar-refractivity contribution >= 4 is 27.5 Å². The fourth-order valence-corrected chi connectivity index (χ4v) is 2.03. The van der Waals surface area contributed by atoms with E-state index in [1.807, 2.05) is 36.2 Å². The predicted molar refractivity (Wildman–Crippen MR) is 87.7 cm³/mol. The molecule has 5 heteroatoms. The maximum Gasteiger partial charge on any atom is 0.238 e. The third kappa shape index (κ3) is 6.50. The minimum atomic E-state index is -0.00654. The van der Waals surface area contributed by atoms with Crippen LogP contribution in [0.5, 0.6) is 0 Å². The van der Waals surface area contributed by atoms with Crippen molar-refractivity contribution in [3.05, 3.63) is 28.7 Å². The molecule has 0 spiro atoms. The normalized spacial score (nSPS) is 12.8. The van der Waals surface area contributed by atoms with Gasteiger partial charge in [-0.2, -0.15) is 0 Å². The van der Waals surface area contributed by atoms with Gasteiger partial charge in [0.2, 0.25) is 5.91 Å². The lowest BCUT2D eigenvalue weighted by atomic mass is 10.0. The lowest BCUT2D eigenvalue weighted by molar-refractivity contribution is -0.117. The van der Waals surface area contributed by atoms with Gasteiger partial charge in [-0.25, -0.2) is 0 Å². The molecule has 0 radical (unpaired) electrons. The van der Waals surface area contributed by atoms with Crippen LogP contribution in [0, 0.1) is 5.92 Å². The number of carbonyl (C=O) groups excluding carboxylic acids is 1. The van der Waals surface area contributed by atoms with E-state index in [0.29, 0.717) is 12.5 Å². The van der Waals surface area contributed by atoms with Gasteiger partial charge >= 0.3 is 0 Å². The number of hydrogen-bond acceptors (Lipinski definition) is 3. The highest BCUT2D eigenvalue weighted by atomic mass is 79.9. The molecule has 1 unspecified atom stereocenters.